The van der Waals surface area contributed by atoms with Crippen LogP contribution in [0, 0.1) is 0 Å². The van der Waals surface area contributed by atoms with E-state index in [0.29, 0.717) is 35.9 Å². The van der Waals surface area contributed by atoms with Crippen LogP contribution in [0.1, 0.15) is 21.0 Å². The smallest absolute Gasteiger partial charge is 0.274 e. The van der Waals surface area contributed by atoms with Crippen molar-refractivity contribution in [2.75, 3.05) is 30.8 Å². The van der Waals surface area contributed by atoms with Gasteiger partial charge in [-0.15, -0.1) is 5.10 Å². The molecule has 0 aliphatic rings. The number of fused-ring (bicyclic) bond motifs is 1. The molecule has 0 spiro atoms. The zero-order chi connectivity index (χ0) is 18.7. The lowest BCUT2D eigenvalue weighted by atomic mass is 10.3. The monoisotopic (exact) mass is 357 g/mol. The van der Waals surface area contributed by atoms with Crippen molar-refractivity contribution in [3.05, 3.63) is 35.9 Å². The van der Waals surface area contributed by atoms with Gasteiger partial charge in [-0.2, -0.15) is 5.10 Å². The first-order chi connectivity index (χ1) is 12.5. The van der Waals surface area contributed by atoms with Crippen LogP contribution in [0.15, 0.2) is 24.5 Å². The number of nitrogens with two attached hydrogens (primary N) is 1. The molecule has 0 unspecified atom stereocenters. The minimum Gasteiger partial charge on any atom is -0.354 e. The second kappa shape index (κ2) is 7.19. The third-order valence-corrected chi connectivity index (χ3v) is 3.58. The number of hydrogen-bond donors (Lipinski definition) is 4. The lowest BCUT2D eigenvalue weighted by Crippen LogP contribution is -2.22. The summed E-state index contributed by atoms with van der Waals surface area (Å²) in [6.07, 6.45) is 3.16. The average Bonchev–Trinajstić information content (AvgIpc) is 3.22. The van der Waals surface area contributed by atoms with Crippen LogP contribution in [0.4, 0.5) is 11.6 Å². The zero-order valence-corrected chi connectivity index (χ0v) is 14.4. The fourth-order valence-corrected chi connectivity index (χ4v) is 2.39. The SMILES string of the molecule is CNC(=O)c1nn(C)cc1NC(=O)c1ccc2cnc(NCCN)nn12. The quantitative estimate of drug-likeness (QED) is 0.463. The van der Waals surface area contributed by atoms with Gasteiger partial charge in [0.2, 0.25) is 5.95 Å². The van der Waals surface area contributed by atoms with E-state index in [2.05, 4.69) is 31.1 Å². The summed E-state index contributed by atoms with van der Waals surface area (Å²) in [6, 6.07) is 3.35. The summed E-state index contributed by atoms with van der Waals surface area (Å²) in [5, 5.41) is 16.5. The Kier molecular flexibility index (Phi) is 4.80. The second-order valence-corrected chi connectivity index (χ2v) is 5.45. The summed E-state index contributed by atoms with van der Waals surface area (Å²) in [5.41, 5.74) is 6.85. The van der Waals surface area contributed by atoms with Gasteiger partial charge in [0.15, 0.2) is 5.69 Å². The minimum absolute atomic E-state index is 0.129. The Morgan fingerprint density at radius 3 is 2.77 bits per heavy atom. The van der Waals surface area contributed by atoms with Crippen LogP contribution in [0.25, 0.3) is 5.52 Å². The molecule has 0 atom stereocenters. The molecule has 0 radical (unpaired) electrons. The predicted octanol–water partition coefficient (Wildman–Crippen LogP) is -0.555. The van der Waals surface area contributed by atoms with Crippen LogP contribution in [-0.2, 0) is 7.05 Å². The fourth-order valence-electron chi connectivity index (χ4n) is 2.39. The highest BCUT2D eigenvalue weighted by Crippen LogP contribution is 2.16. The molecule has 0 saturated carbocycles. The molecule has 0 aliphatic carbocycles. The van der Waals surface area contributed by atoms with Gasteiger partial charge >= 0.3 is 0 Å². The molecule has 3 aromatic heterocycles. The summed E-state index contributed by atoms with van der Waals surface area (Å²) >= 11 is 0. The van der Waals surface area contributed by atoms with E-state index < -0.39 is 11.8 Å². The normalized spacial score (nSPS) is 10.7. The predicted molar refractivity (Wildman–Crippen MR) is 95.1 cm³/mol. The molecule has 11 nitrogen and oxygen atoms in total. The Morgan fingerprint density at radius 1 is 1.23 bits per heavy atom. The van der Waals surface area contributed by atoms with Crippen molar-refractivity contribution in [3.63, 3.8) is 0 Å². The van der Waals surface area contributed by atoms with Crippen LogP contribution in [0.3, 0.4) is 0 Å². The molecule has 0 aliphatic heterocycles. The molecule has 0 saturated heterocycles. The minimum atomic E-state index is -0.424. The fraction of sp³-hybridized carbons (Fsp3) is 0.267. The Bertz CT molecular complexity index is 959. The summed E-state index contributed by atoms with van der Waals surface area (Å²) in [7, 11) is 3.16. The number of nitrogens with zero attached hydrogens (tertiary/aromatic N) is 5. The number of amides is 2. The van der Waals surface area contributed by atoms with Crippen molar-refractivity contribution in [3.8, 4) is 0 Å². The molecule has 3 heterocycles. The van der Waals surface area contributed by atoms with Crippen molar-refractivity contribution < 1.29 is 9.59 Å². The van der Waals surface area contributed by atoms with Crippen LogP contribution in [0.2, 0.25) is 0 Å². The molecule has 2 amide bonds. The van der Waals surface area contributed by atoms with Gasteiger partial charge in [-0.25, -0.2) is 9.50 Å². The maximum Gasteiger partial charge on any atom is 0.274 e. The van der Waals surface area contributed by atoms with Crippen LogP contribution in [0.5, 0.6) is 0 Å². The number of aryl methyl sites for hydroxylation is 1. The molecular weight excluding hydrogens is 338 g/mol. The molecular formula is C15H19N9O2. The number of nitrogens with one attached hydrogen (secondary N) is 3. The van der Waals surface area contributed by atoms with Gasteiger partial charge in [0.25, 0.3) is 11.8 Å². The largest absolute Gasteiger partial charge is 0.354 e. The van der Waals surface area contributed by atoms with E-state index in [0.717, 1.165) is 0 Å². The summed E-state index contributed by atoms with van der Waals surface area (Å²) in [5.74, 6) is -0.455. The molecule has 0 aromatic carbocycles. The highest BCUT2D eigenvalue weighted by molar-refractivity contribution is 6.07. The molecule has 136 valence electrons. The Labute approximate surface area is 148 Å². The maximum atomic E-state index is 12.7. The Morgan fingerprint density at radius 2 is 2.04 bits per heavy atom. The van der Waals surface area contributed by atoms with E-state index >= 15 is 0 Å². The molecule has 0 bridgehead atoms. The first-order valence-corrected chi connectivity index (χ1v) is 7.89. The van der Waals surface area contributed by atoms with Crippen LogP contribution >= 0.6 is 0 Å². The number of rotatable bonds is 6. The van der Waals surface area contributed by atoms with Gasteiger partial charge in [0, 0.05) is 33.4 Å². The van der Waals surface area contributed by atoms with Crippen LogP contribution in [-0.4, -0.2) is 56.3 Å². The number of anilines is 2. The van der Waals surface area contributed by atoms with E-state index in [1.165, 1.54) is 16.2 Å². The number of aromatic nitrogens is 5. The van der Waals surface area contributed by atoms with E-state index in [1.54, 1.807) is 31.6 Å². The van der Waals surface area contributed by atoms with Crippen molar-refractivity contribution in [1.29, 1.82) is 0 Å². The highest BCUT2D eigenvalue weighted by atomic mass is 16.2. The van der Waals surface area contributed by atoms with Gasteiger partial charge in [0.1, 0.15) is 5.69 Å². The number of hydrogen-bond acceptors (Lipinski definition) is 7. The van der Waals surface area contributed by atoms with E-state index in [1.807, 2.05) is 0 Å². The van der Waals surface area contributed by atoms with E-state index in [-0.39, 0.29) is 5.69 Å². The van der Waals surface area contributed by atoms with Crippen molar-refractivity contribution in [2.45, 2.75) is 0 Å². The molecule has 3 rings (SSSR count). The Balaban J connectivity index is 1.90. The van der Waals surface area contributed by atoms with Gasteiger partial charge in [-0.1, -0.05) is 0 Å². The molecule has 26 heavy (non-hydrogen) atoms. The summed E-state index contributed by atoms with van der Waals surface area (Å²) < 4.78 is 2.92. The first-order valence-electron chi connectivity index (χ1n) is 7.89. The molecule has 11 heteroatoms. The lowest BCUT2D eigenvalue weighted by Gasteiger charge is -2.07. The first kappa shape index (κ1) is 17.4. The van der Waals surface area contributed by atoms with Gasteiger partial charge in [-0.3, -0.25) is 14.3 Å². The van der Waals surface area contributed by atoms with Crippen LogP contribution < -0.4 is 21.7 Å². The van der Waals surface area contributed by atoms with E-state index in [4.69, 9.17) is 5.73 Å². The summed E-state index contributed by atoms with van der Waals surface area (Å²) in [6.45, 7) is 0.948. The topological polar surface area (TPSA) is 144 Å². The number of carbonyl (C=O) groups excluding carboxylic acids is 2. The molecule has 3 aromatic rings. The van der Waals surface area contributed by atoms with Gasteiger partial charge in [0.05, 0.1) is 17.4 Å². The highest BCUT2D eigenvalue weighted by Gasteiger charge is 2.19. The lowest BCUT2D eigenvalue weighted by molar-refractivity contribution is 0.0958. The zero-order valence-electron chi connectivity index (χ0n) is 14.4. The van der Waals surface area contributed by atoms with E-state index in [9.17, 15) is 9.59 Å². The molecule has 5 N–H and O–H groups in total. The van der Waals surface area contributed by atoms with Crippen molar-refractivity contribution in [1.82, 2.24) is 29.7 Å². The van der Waals surface area contributed by atoms with Gasteiger partial charge in [-0.05, 0) is 12.1 Å². The van der Waals surface area contributed by atoms with Gasteiger partial charge < -0.3 is 21.7 Å². The third-order valence-electron chi connectivity index (χ3n) is 3.58. The standard InChI is InChI=1S/C15H19N9O2/c1-17-14(26)12-10(8-23(2)21-12)20-13(25)11-4-3-9-7-19-15(18-6-5-16)22-24(9)11/h3-4,7-8H,5-6,16H2,1-2H3,(H,17,26)(H,18,22)(H,20,25). The van der Waals surface area contributed by atoms with Crippen molar-refractivity contribution in [2.24, 2.45) is 12.8 Å². The maximum absolute atomic E-state index is 12.7. The molecule has 0 fully saturated rings. The van der Waals surface area contributed by atoms with Crippen molar-refractivity contribution >= 4 is 29.0 Å². The summed E-state index contributed by atoms with van der Waals surface area (Å²) in [4.78, 5) is 28.7. The third kappa shape index (κ3) is 3.32. The number of carbonyl (C=O) groups is 2. The average molecular weight is 357 g/mol. The Hall–Kier alpha value is -3.47. The second-order valence-electron chi connectivity index (χ2n) is 5.45.